The van der Waals surface area contributed by atoms with Crippen LogP contribution < -0.4 is 10.6 Å². The van der Waals surface area contributed by atoms with Crippen LogP contribution in [0.3, 0.4) is 0 Å². The van der Waals surface area contributed by atoms with Crippen LogP contribution in [0, 0.1) is 17.8 Å². The predicted octanol–water partition coefficient (Wildman–Crippen LogP) is 1.19. The highest BCUT2D eigenvalue weighted by Gasteiger charge is 2.51. The number of imide groups is 1. The smallest absolute Gasteiger partial charge is 0.321 e. The molecule has 26 heavy (non-hydrogen) atoms. The summed E-state index contributed by atoms with van der Waals surface area (Å²) in [6.45, 7) is 1.84. The Balaban J connectivity index is 1.51. The number of hydrogen-bond donors (Lipinski definition) is 2. The number of carbonyl (C=O) groups is 3. The third-order valence-corrected chi connectivity index (χ3v) is 6.58. The minimum atomic E-state index is -0.555. The van der Waals surface area contributed by atoms with Crippen molar-refractivity contribution in [1.29, 1.82) is 0 Å². The molecule has 0 aliphatic heterocycles. The van der Waals surface area contributed by atoms with Crippen LogP contribution in [0.25, 0.3) is 0 Å². The van der Waals surface area contributed by atoms with E-state index in [9.17, 15) is 14.4 Å². The Morgan fingerprint density at radius 2 is 1.50 bits per heavy atom. The van der Waals surface area contributed by atoms with Gasteiger partial charge in [-0.2, -0.15) is 0 Å². The number of amides is 4. The average Bonchev–Trinajstić information content (AvgIpc) is 2.51. The first-order valence-electron chi connectivity index (χ1n) is 9.71. The fraction of sp³-hybridized carbons (Fsp3) is 0.842. The van der Waals surface area contributed by atoms with Crippen LogP contribution >= 0.6 is 0 Å². The molecular weight excluding hydrogens is 332 g/mol. The lowest BCUT2D eigenvalue weighted by Crippen LogP contribution is -2.62. The third kappa shape index (κ3) is 4.03. The molecule has 7 heteroatoms. The zero-order chi connectivity index (χ0) is 19.1. The van der Waals surface area contributed by atoms with Crippen molar-refractivity contribution in [3.63, 3.8) is 0 Å². The fourth-order valence-corrected chi connectivity index (χ4v) is 5.44. The highest BCUT2D eigenvalue weighted by Crippen LogP contribution is 2.55. The number of nitrogens with one attached hydrogen (secondary N) is 2. The largest absolute Gasteiger partial charge is 0.348 e. The molecule has 146 valence electrons. The van der Waals surface area contributed by atoms with Gasteiger partial charge >= 0.3 is 6.03 Å². The summed E-state index contributed by atoms with van der Waals surface area (Å²) in [4.78, 5) is 39.8. The molecule has 0 aromatic carbocycles. The van der Waals surface area contributed by atoms with Gasteiger partial charge in [-0.3, -0.25) is 19.8 Å². The molecule has 0 radical (unpaired) electrons. The van der Waals surface area contributed by atoms with Gasteiger partial charge in [0.25, 0.3) is 0 Å². The van der Waals surface area contributed by atoms with Gasteiger partial charge in [-0.15, -0.1) is 0 Å². The molecule has 4 bridgehead atoms. The molecule has 4 fully saturated rings. The van der Waals surface area contributed by atoms with Crippen molar-refractivity contribution in [2.24, 2.45) is 17.8 Å². The van der Waals surface area contributed by atoms with Crippen molar-refractivity contribution in [2.45, 2.75) is 57.0 Å². The molecule has 7 nitrogen and oxygen atoms in total. The second kappa shape index (κ2) is 7.18. The van der Waals surface area contributed by atoms with Crippen molar-refractivity contribution in [1.82, 2.24) is 20.4 Å². The molecule has 4 saturated carbocycles. The predicted molar refractivity (Wildman–Crippen MR) is 98.4 cm³/mol. The minimum absolute atomic E-state index is 0.0785. The summed E-state index contributed by atoms with van der Waals surface area (Å²) in [5, 5.41) is 5.63. The van der Waals surface area contributed by atoms with Crippen molar-refractivity contribution in [3.05, 3.63) is 0 Å². The maximum atomic E-state index is 12.5. The zero-order valence-corrected chi connectivity index (χ0v) is 16.4. The molecule has 0 aromatic rings. The van der Waals surface area contributed by atoms with Gasteiger partial charge < -0.3 is 10.2 Å². The molecule has 4 amide bonds. The summed E-state index contributed by atoms with van der Waals surface area (Å²) in [6.07, 6.45) is 7.07. The van der Waals surface area contributed by atoms with E-state index in [0.29, 0.717) is 0 Å². The number of rotatable bonds is 5. The van der Waals surface area contributed by atoms with Gasteiger partial charge in [-0.05, 0) is 70.3 Å². The summed E-state index contributed by atoms with van der Waals surface area (Å²) < 4.78 is 0. The highest BCUT2D eigenvalue weighted by atomic mass is 16.2. The second-order valence-corrected chi connectivity index (χ2v) is 9.02. The van der Waals surface area contributed by atoms with Crippen LogP contribution in [-0.2, 0) is 9.59 Å². The quantitative estimate of drug-likeness (QED) is 0.768. The average molecular weight is 364 g/mol. The molecule has 4 rings (SSSR count). The molecule has 0 saturated heterocycles. The maximum Gasteiger partial charge on any atom is 0.321 e. The Kier molecular flexibility index (Phi) is 5.28. The van der Waals surface area contributed by atoms with E-state index in [1.807, 2.05) is 0 Å². The van der Waals surface area contributed by atoms with Crippen LogP contribution in [0.5, 0.6) is 0 Å². The lowest BCUT2D eigenvalue weighted by Gasteiger charge is -2.56. The normalized spacial score (nSPS) is 33.0. The lowest BCUT2D eigenvalue weighted by atomic mass is 9.53. The molecule has 2 N–H and O–H groups in total. The van der Waals surface area contributed by atoms with E-state index in [2.05, 4.69) is 10.6 Å². The van der Waals surface area contributed by atoms with E-state index in [1.165, 1.54) is 24.2 Å². The fourth-order valence-electron chi connectivity index (χ4n) is 5.44. The van der Waals surface area contributed by atoms with Gasteiger partial charge in [0, 0.05) is 19.6 Å². The van der Waals surface area contributed by atoms with Crippen LogP contribution in [0.4, 0.5) is 4.79 Å². The van der Waals surface area contributed by atoms with Crippen molar-refractivity contribution in [3.8, 4) is 0 Å². The molecule has 0 heterocycles. The van der Waals surface area contributed by atoms with Crippen molar-refractivity contribution in [2.75, 3.05) is 27.7 Å². The third-order valence-electron chi connectivity index (χ3n) is 6.58. The van der Waals surface area contributed by atoms with Crippen molar-refractivity contribution < 1.29 is 14.4 Å². The number of likely N-dealkylation sites (N-methyl/N-ethyl adjacent to an activating group) is 2. The first-order chi connectivity index (χ1) is 12.2. The van der Waals surface area contributed by atoms with Crippen LogP contribution in [-0.4, -0.2) is 66.9 Å². The first-order valence-corrected chi connectivity index (χ1v) is 9.71. The summed E-state index contributed by atoms with van der Waals surface area (Å²) >= 11 is 0. The van der Waals surface area contributed by atoms with Gasteiger partial charge in [0.05, 0.1) is 12.6 Å². The summed E-state index contributed by atoms with van der Waals surface area (Å²) in [6, 6.07) is -0.947. The van der Waals surface area contributed by atoms with Gasteiger partial charge in [-0.25, -0.2) is 4.79 Å². The Morgan fingerprint density at radius 3 is 1.96 bits per heavy atom. The van der Waals surface area contributed by atoms with Crippen LogP contribution in [0.15, 0.2) is 0 Å². The monoisotopic (exact) mass is 364 g/mol. The molecule has 1 atom stereocenters. The van der Waals surface area contributed by atoms with Gasteiger partial charge in [0.15, 0.2) is 0 Å². The SMILES string of the molecule is C[C@@H](C(=O)NC(=O)NC12CC3CC(CC(C3)C1)C2)N(C)CC(=O)N(C)C. The summed E-state index contributed by atoms with van der Waals surface area (Å²) in [5.74, 6) is 1.75. The second-order valence-electron chi connectivity index (χ2n) is 9.02. The molecule has 0 aromatic heterocycles. The standard InChI is InChI=1S/C19H32N4O3/c1-12(23(4)11-16(24)22(2)3)17(25)20-18(26)21-19-8-13-5-14(9-19)7-15(6-13)10-19/h12-15H,5-11H2,1-4H3,(H2,20,21,25,26)/t12-,13?,14?,15?,19?/m0/s1. The zero-order valence-electron chi connectivity index (χ0n) is 16.4. The molecular formula is C19H32N4O3. The number of hydrogen-bond acceptors (Lipinski definition) is 4. The Labute approximate surface area is 155 Å². The Morgan fingerprint density at radius 1 is 1.00 bits per heavy atom. The molecule has 0 unspecified atom stereocenters. The number of carbonyl (C=O) groups excluding carboxylic acids is 3. The van der Waals surface area contributed by atoms with Crippen LogP contribution in [0.1, 0.15) is 45.4 Å². The Bertz CT molecular complexity index is 554. The topological polar surface area (TPSA) is 81.8 Å². The number of urea groups is 1. The minimum Gasteiger partial charge on any atom is -0.348 e. The van der Waals surface area contributed by atoms with Crippen LogP contribution in [0.2, 0.25) is 0 Å². The highest BCUT2D eigenvalue weighted by molar-refractivity contribution is 5.97. The van der Waals surface area contributed by atoms with Crippen molar-refractivity contribution >= 4 is 17.8 Å². The van der Waals surface area contributed by atoms with Gasteiger partial charge in [-0.1, -0.05) is 0 Å². The number of nitrogens with zero attached hydrogens (tertiary/aromatic N) is 2. The van der Waals surface area contributed by atoms with Gasteiger partial charge in [0.1, 0.15) is 0 Å². The molecule has 4 aliphatic rings. The maximum absolute atomic E-state index is 12.5. The van der Waals surface area contributed by atoms with E-state index < -0.39 is 12.1 Å². The summed E-state index contributed by atoms with van der Waals surface area (Å²) in [7, 11) is 5.07. The molecule has 4 aliphatic carbocycles. The van der Waals surface area contributed by atoms with E-state index in [4.69, 9.17) is 0 Å². The van der Waals surface area contributed by atoms with Gasteiger partial charge in [0.2, 0.25) is 11.8 Å². The van der Waals surface area contributed by atoms with E-state index in [-0.39, 0.29) is 23.9 Å². The lowest BCUT2D eigenvalue weighted by molar-refractivity contribution is -0.131. The van der Waals surface area contributed by atoms with E-state index in [0.717, 1.165) is 37.0 Å². The van der Waals surface area contributed by atoms with E-state index in [1.54, 1.807) is 33.0 Å². The Hall–Kier alpha value is -1.63. The summed E-state index contributed by atoms with van der Waals surface area (Å²) in [5.41, 5.74) is -0.116. The molecule has 0 spiro atoms. The first kappa shape index (κ1) is 19.1. The van der Waals surface area contributed by atoms with E-state index >= 15 is 0 Å².